The van der Waals surface area contributed by atoms with Crippen molar-refractivity contribution in [1.82, 2.24) is 0 Å². The third-order valence-electron chi connectivity index (χ3n) is 2.95. The van der Waals surface area contributed by atoms with Gasteiger partial charge in [-0.15, -0.1) is 0 Å². The number of nitrogens with two attached hydrogens (primary N) is 1. The molecule has 0 spiro atoms. The second-order valence-electron chi connectivity index (χ2n) is 4.51. The molecule has 0 amide bonds. The quantitative estimate of drug-likeness (QED) is 0.803. The van der Waals surface area contributed by atoms with Gasteiger partial charge in [0.1, 0.15) is 0 Å². The fraction of sp³-hybridized carbons (Fsp3) is 0.200. The van der Waals surface area contributed by atoms with Crippen LogP contribution in [0.3, 0.4) is 0 Å². The predicted octanol–water partition coefficient (Wildman–Crippen LogP) is 4.40. The molecular formula is C15H17ClN2. The highest BCUT2D eigenvalue weighted by atomic mass is 35.5. The Labute approximate surface area is 113 Å². The maximum Gasteiger partial charge on any atom is 0.0581 e. The van der Waals surface area contributed by atoms with E-state index in [-0.39, 0.29) is 6.04 Å². The van der Waals surface area contributed by atoms with Crippen LogP contribution in [0.2, 0.25) is 5.02 Å². The molecule has 2 rings (SSSR count). The first-order chi connectivity index (χ1) is 8.56. The largest absolute Gasteiger partial charge is 0.397 e. The van der Waals surface area contributed by atoms with Gasteiger partial charge in [0.2, 0.25) is 0 Å². The monoisotopic (exact) mass is 260 g/mol. The second kappa shape index (κ2) is 5.32. The Morgan fingerprint density at radius 2 is 1.78 bits per heavy atom. The molecule has 3 heteroatoms. The minimum Gasteiger partial charge on any atom is -0.397 e. The van der Waals surface area contributed by atoms with Gasteiger partial charge in [-0.05, 0) is 49.2 Å². The molecular weight excluding hydrogens is 244 g/mol. The number of nitrogen functional groups attached to an aromatic ring is 1. The average molecular weight is 261 g/mol. The molecule has 0 aliphatic heterocycles. The maximum atomic E-state index is 5.96. The van der Waals surface area contributed by atoms with Crippen LogP contribution in [0.5, 0.6) is 0 Å². The van der Waals surface area contributed by atoms with Crippen molar-refractivity contribution in [1.29, 1.82) is 0 Å². The van der Waals surface area contributed by atoms with Crippen molar-refractivity contribution in [2.24, 2.45) is 0 Å². The number of halogens is 1. The lowest BCUT2D eigenvalue weighted by Gasteiger charge is -2.17. The van der Waals surface area contributed by atoms with E-state index in [9.17, 15) is 0 Å². The first-order valence-electron chi connectivity index (χ1n) is 5.94. The summed E-state index contributed by atoms with van der Waals surface area (Å²) in [6.07, 6.45) is 0. The zero-order valence-corrected chi connectivity index (χ0v) is 11.3. The highest BCUT2D eigenvalue weighted by Gasteiger charge is 2.07. The normalized spacial score (nSPS) is 12.2. The first-order valence-corrected chi connectivity index (χ1v) is 6.32. The van der Waals surface area contributed by atoms with Gasteiger partial charge in [0.05, 0.1) is 11.4 Å². The van der Waals surface area contributed by atoms with Crippen molar-refractivity contribution in [3.8, 4) is 0 Å². The summed E-state index contributed by atoms with van der Waals surface area (Å²) in [5, 5.41) is 4.17. The molecule has 0 saturated carbocycles. The summed E-state index contributed by atoms with van der Waals surface area (Å²) >= 11 is 5.88. The Morgan fingerprint density at radius 1 is 1.11 bits per heavy atom. The van der Waals surface area contributed by atoms with Crippen LogP contribution in [-0.2, 0) is 0 Å². The number of hydrogen-bond acceptors (Lipinski definition) is 2. The summed E-state index contributed by atoms with van der Waals surface area (Å²) in [5.41, 5.74) is 10.1. The first kappa shape index (κ1) is 12.8. The Kier molecular flexibility index (Phi) is 3.78. The lowest BCUT2D eigenvalue weighted by atomic mass is 10.1. The highest BCUT2D eigenvalue weighted by molar-refractivity contribution is 6.30. The van der Waals surface area contributed by atoms with E-state index < -0.39 is 0 Å². The third kappa shape index (κ3) is 2.96. The number of benzene rings is 2. The van der Waals surface area contributed by atoms with Gasteiger partial charge >= 0.3 is 0 Å². The van der Waals surface area contributed by atoms with Gasteiger partial charge in [0, 0.05) is 11.1 Å². The van der Waals surface area contributed by atoms with Crippen molar-refractivity contribution >= 4 is 23.0 Å². The molecule has 0 aliphatic carbocycles. The summed E-state index contributed by atoms with van der Waals surface area (Å²) in [4.78, 5) is 0. The fourth-order valence-corrected chi connectivity index (χ4v) is 1.99. The Balaban J connectivity index is 2.18. The van der Waals surface area contributed by atoms with Crippen LogP contribution in [-0.4, -0.2) is 0 Å². The molecule has 0 fully saturated rings. The fourth-order valence-electron chi connectivity index (χ4n) is 1.86. The summed E-state index contributed by atoms with van der Waals surface area (Å²) in [5.74, 6) is 0. The van der Waals surface area contributed by atoms with Gasteiger partial charge in [-0.25, -0.2) is 0 Å². The van der Waals surface area contributed by atoms with Crippen LogP contribution >= 0.6 is 11.6 Å². The number of anilines is 2. The van der Waals surface area contributed by atoms with Crippen molar-refractivity contribution < 1.29 is 0 Å². The standard InChI is InChI=1S/C15H17ClN2/c1-10-3-8-14(17)15(9-10)18-11(2)12-4-6-13(16)7-5-12/h3-9,11,18H,17H2,1-2H3. The van der Waals surface area contributed by atoms with Gasteiger partial charge < -0.3 is 11.1 Å². The van der Waals surface area contributed by atoms with Crippen LogP contribution in [0.1, 0.15) is 24.1 Å². The van der Waals surface area contributed by atoms with Crippen molar-refractivity contribution in [2.45, 2.75) is 19.9 Å². The molecule has 18 heavy (non-hydrogen) atoms. The molecule has 0 aromatic heterocycles. The van der Waals surface area contributed by atoms with Crippen molar-refractivity contribution in [2.75, 3.05) is 11.1 Å². The Hall–Kier alpha value is -1.67. The van der Waals surface area contributed by atoms with Crippen LogP contribution in [0, 0.1) is 6.92 Å². The highest BCUT2D eigenvalue weighted by Crippen LogP contribution is 2.25. The van der Waals surface area contributed by atoms with E-state index in [1.165, 1.54) is 11.1 Å². The topological polar surface area (TPSA) is 38.0 Å². The molecule has 0 radical (unpaired) electrons. The summed E-state index contributed by atoms with van der Waals surface area (Å²) in [6, 6.07) is 14.0. The second-order valence-corrected chi connectivity index (χ2v) is 4.94. The summed E-state index contributed by atoms with van der Waals surface area (Å²) in [7, 11) is 0. The minimum absolute atomic E-state index is 0.186. The molecule has 1 atom stereocenters. The molecule has 94 valence electrons. The molecule has 0 aliphatic rings. The number of nitrogens with one attached hydrogen (secondary N) is 1. The third-order valence-corrected chi connectivity index (χ3v) is 3.20. The number of aryl methyl sites for hydroxylation is 1. The Morgan fingerprint density at radius 3 is 2.44 bits per heavy atom. The van der Waals surface area contributed by atoms with Gasteiger partial charge in [-0.3, -0.25) is 0 Å². The van der Waals surface area contributed by atoms with Gasteiger partial charge in [0.25, 0.3) is 0 Å². The number of hydrogen-bond donors (Lipinski definition) is 2. The van der Waals surface area contributed by atoms with Gasteiger partial charge in [0.15, 0.2) is 0 Å². The SMILES string of the molecule is Cc1ccc(N)c(NC(C)c2ccc(Cl)cc2)c1. The minimum atomic E-state index is 0.186. The molecule has 0 bridgehead atoms. The van der Waals surface area contributed by atoms with Crippen molar-refractivity contribution in [3.63, 3.8) is 0 Å². The van der Waals surface area contributed by atoms with E-state index in [4.69, 9.17) is 17.3 Å². The molecule has 2 aromatic rings. The van der Waals surface area contributed by atoms with E-state index in [1.807, 2.05) is 36.4 Å². The molecule has 3 N–H and O–H groups in total. The molecule has 1 unspecified atom stereocenters. The van der Waals surface area contributed by atoms with Crippen LogP contribution < -0.4 is 11.1 Å². The maximum absolute atomic E-state index is 5.96. The van der Waals surface area contributed by atoms with Crippen molar-refractivity contribution in [3.05, 3.63) is 58.6 Å². The molecule has 2 aromatic carbocycles. The summed E-state index contributed by atoms with van der Waals surface area (Å²) in [6.45, 7) is 4.16. The van der Waals surface area contributed by atoms with E-state index in [0.29, 0.717) is 0 Å². The lowest BCUT2D eigenvalue weighted by molar-refractivity contribution is 0.885. The molecule has 0 saturated heterocycles. The van der Waals surface area contributed by atoms with E-state index in [2.05, 4.69) is 25.2 Å². The zero-order valence-electron chi connectivity index (χ0n) is 10.6. The van der Waals surface area contributed by atoms with Crippen LogP contribution in [0.4, 0.5) is 11.4 Å². The molecule has 0 heterocycles. The van der Waals surface area contributed by atoms with Crippen LogP contribution in [0.15, 0.2) is 42.5 Å². The Bertz CT molecular complexity index is 535. The van der Waals surface area contributed by atoms with Gasteiger partial charge in [-0.1, -0.05) is 29.8 Å². The number of rotatable bonds is 3. The molecule has 2 nitrogen and oxygen atoms in total. The van der Waals surface area contributed by atoms with Gasteiger partial charge in [-0.2, -0.15) is 0 Å². The zero-order chi connectivity index (χ0) is 13.1. The van der Waals surface area contributed by atoms with E-state index in [0.717, 1.165) is 16.4 Å². The van der Waals surface area contributed by atoms with E-state index in [1.54, 1.807) is 0 Å². The van der Waals surface area contributed by atoms with E-state index >= 15 is 0 Å². The average Bonchev–Trinajstić information content (AvgIpc) is 2.34. The lowest BCUT2D eigenvalue weighted by Crippen LogP contribution is -2.08. The predicted molar refractivity (Wildman–Crippen MR) is 79.1 cm³/mol. The van der Waals surface area contributed by atoms with Crippen LogP contribution in [0.25, 0.3) is 0 Å². The summed E-state index contributed by atoms with van der Waals surface area (Å²) < 4.78 is 0. The smallest absolute Gasteiger partial charge is 0.0581 e.